The first-order chi connectivity index (χ1) is 8.06. The fourth-order valence-corrected chi connectivity index (χ4v) is 2.38. The fraction of sp³-hybridized carbons (Fsp3) is 0.364. The Morgan fingerprint density at radius 1 is 1.59 bits per heavy atom. The van der Waals surface area contributed by atoms with Crippen LogP contribution in [0.3, 0.4) is 0 Å². The van der Waals surface area contributed by atoms with Gasteiger partial charge in [0, 0.05) is 22.3 Å². The van der Waals surface area contributed by atoms with Crippen molar-refractivity contribution in [2.75, 3.05) is 12.8 Å². The number of methoxy groups -OCH3 is 1. The van der Waals surface area contributed by atoms with Gasteiger partial charge in [-0.1, -0.05) is 6.92 Å². The molecule has 0 spiro atoms. The van der Waals surface area contributed by atoms with Crippen molar-refractivity contribution in [1.29, 1.82) is 0 Å². The SMILES string of the molecule is COc1ccc(N)c(SC(C)CC(=O)NN)c1. The summed E-state index contributed by atoms with van der Waals surface area (Å²) in [4.78, 5) is 12.0. The summed E-state index contributed by atoms with van der Waals surface area (Å²) in [5.41, 5.74) is 8.64. The lowest BCUT2D eigenvalue weighted by Gasteiger charge is -2.12. The van der Waals surface area contributed by atoms with Crippen molar-refractivity contribution in [2.45, 2.75) is 23.5 Å². The molecule has 5 nitrogen and oxygen atoms in total. The minimum atomic E-state index is -0.188. The second-order valence-corrected chi connectivity index (χ2v) is 5.08. The zero-order valence-corrected chi connectivity index (χ0v) is 10.7. The number of hydrogen-bond acceptors (Lipinski definition) is 5. The normalized spacial score (nSPS) is 11.9. The van der Waals surface area contributed by atoms with Gasteiger partial charge in [-0.3, -0.25) is 10.2 Å². The number of carbonyl (C=O) groups is 1. The average Bonchev–Trinajstić information content (AvgIpc) is 2.31. The molecular formula is C11H17N3O2S. The molecular weight excluding hydrogens is 238 g/mol. The van der Waals surface area contributed by atoms with Crippen LogP contribution in [0.1, 0.15) is 13.3 Å². The number of thioether (sulfide) groups is 1. The first-order valence-electron chi connectivity index (χ1n) is 5.16. The number of amides is 1. The van der Waals surface area contributed by atoms with Crippen LogP contribution in [0.5, 0.6) is 5.75 Å². The molecule has 0 bridgehead atoms. The molecule has 0 radical (unpaired) electrons. The Balaban J connectivity index is 2.70. The summed E-state index contributed by atoms with van der Waals surface area (Å²) in [6.45, 7) is 1.94. The standard InChI is InChI=1S/C11H17N3O2S/c1-7(5-11(15)14-13)17-10-6-8(16-2)3-4-9(10)12/h3-4,6-7H,5,12-13H2,1-2H3,(H,14,15). The van der Waals surface area contributed by atoms with E-state index in [0.29, 0.717) is 12.1 Å². The van der Waals surface area contributed by atoms with E-state index < -0.39 is 0 Å². The van der Waals surface area contributed by atoms with E-state index in [9.17, 15) is 4.79 Å². The van der Waals surface area contributed by atoms with Crippen LogP contribution in [-0.4, -0.2) is 18.3 Å². The van der Waals surface area contributed by atoms with Gasteiger partial charge < -0.3 is 10.5 Å². The molecule has 1 aromatic carbocycles. The summed E-state index contributed by atoms with van der Waals surface area (Å²) in [5.74, 6) is 5.59. The second-order valence-electron chi connectivity index (χ2n) is 3.60. The van der Waals surface area contributed by atoms with Crippen LogP contribution in [0.15, 0.2) is 23.1 Å². The molecule has 6 heteroatoms. The summed E-state index contributed by atoms with van der Waals surface area (Å²) < 4.78 is 5.13. The number of nitrogens with one attached hydrogen (secondary N) is 1. The van der Waals surface area contributed by atoms with Crippen molar-refractivity contribution in [1.82, 2.24) is 5.43 Å². The molecule has 1 amide bonds. The summed E-state index contributed by atoms with van der Waals surface area (Å²) in [6, 6.07) is 5.45. The summed E-state index contributed by atoms with van der Waals surface area (Å²) >= 11 is 1.52. The predicted octanol–water partition coefficient (Wildman–Crippen LogP) is 1.14. The van der Waals surface area contributed by atoms with Crippen LogP contribution in [0.2, 0.25) is 0 Å². The van der Waals surface area contributed by atoms with Gasteiger partial charge in [-0.05, 0) is 18.2 Å². The quantitative estimate of drug-likeness (QED) is 0.241. The van der Waals surface area contributed by atoms with Gasteiger partial charge in [0.2, 0.25) is 5.91 Å². The highest BCUT2D eigenvalue weighted by Crippen LogP contribution is 2.32. The van der Waals surface area contributed by atoms with Gasteiger partial charge in [-0.25, -0.2) is 5.84 Å². The van der Waals surface area contributed by atoms with E-state index in [1.807, 2.05) is 13.0 Å². The van der Waals surface area contributed by atoms with Crippen molar-refractivity contribution < 1.29 is 9.53 Å². The highest BCUT2D eigenvalue weighted by molar-refractivity contribution is 8.00. The van der Waals surface area contributed by atoms with Crippen molar-refractivity contribution in [2.24, 2.45) is 5.84 Å². The van der Waals surface area contributed by atoms with Crippen molar-refractivity contribution in [3.05, 3.63) is 18.2 Å². The third-order valence-electron chi connectivity index (χ3n) is 2.18. The highest BCUT2D eigenvalue weighted by Gasteiger charge is 2.11. The van der Waals surface area contributed by atoms with Gasteiger partial charge >= 0.3 is 0 Å². The van der Waals surface area contributed by atoms with Crippen LogP contribution in [0.4, 0.5) is 5.69 Å². The number of rotatable bonds is 5. The lowest BCUT2D eigenvalue weighted by molar-refractivity contribution is -0.121. The first kappa shape index (κ1) is 13.7. The van der Waals surface area contributed by atoms with Gasteiger partial charge in [-0.15, -0.1) is 11.8 Å². The molecule has 0 heterocycles. The van der Waals surface area contributed by atoms with Crippen LogP contribution >= 0.6 is 11.8 Å². The Morgan fingerprint density at radius 2 is 2.29 bits per heavy atom. The molecule has 0 aliphatic heterocycles. The zero-order valence-electron chi connectivity index (χ0n) is 9.90. The number of nitrogen functional groups attached to an aromatic ring is 1. The maximum Gasteiger partial charge on any atom is 0.234 e. The maximum absolute atomic E-state index is 11.1. The third kappa shape index (κ3) is 4.16. The van der Waals surface area contributed by atoms with E-state index in [1.165, 1.54) is 11.8 Å². The largest absolute Gasteiger partial charge is 0.497 e. The molecule has 17 heavy (non-hydrogen) atoms. The van der Waals surface area contributed by atoms with E-state index >= 15 is 0 Å². The van der Waals surface area contributed by atoms with Crippen molar-refractivity contribution in [3.8, 4) is 5.75 Å². The predicted molar refractivity (Wildman–Crippen MR) is 69.7 cm³/mol. The van der Waals surface area contributed by atoms with E-state index in [0.717, 1.165) is 10.6 Å². The number of benzene rings is 1. The molecule has 94 valence electrons. The zero-order chi connectivity index (χ0) is 12.8. The molecule has 5 N–H and O–H groups in total. The Morgan fingerprint density at radius 3 is 2.88 bits per heavy atom. The minimum Gasteiger partial charge on any atom is -0.497 e. The molecule has 0 saturated heterocycles. The van der Waals surface area contributed by atoms with Gasteiger partial charge in [0.1, 0.15) is 5.75 Å². The van der Waals surface area contributed by atoms with Gasteiger partial charge in [0.05, 0.1) is 7.11 Å². The van der Waals surface area contributed by atoms with E-state index in [-0.39, 0.29) is 11.2 Å². The van der Waals surface area contributed by atoms with Crippen molar-refractivity contribution in [3.63, 3.8) is 0 Å². The number of hydrogen-bond donors (Lipinski definition) is 3. The molecule has 0 fully saturated rings. The number of ether oxygens (including phenoxy) is 1. The number of nitrogens with two attached hydrogens (primary N) is 2. The Hall–Kier alpha value is -1.40. The van der Waals surface area contributed by atoms with Crippen molar-refractivity contribution >= 4 is 23.4 Å². The molecule has 0 aliphatic carbocycles. The smallest absolute Gasteiger partial charge is 0.234 e. The minimum absolute atomic E-state index is 0.0907. The van der Waals surface area contributed by atoms with Crippen LogP contribution in [0.25, 0.3) is 0 Å². The highest BCUT2D eigenvalue weighted by atomic mass is 32.2. The van der Waals surface area contributed by atoms with E-state index in [4.69, 9.17) is 16.3 Å². The lowest BCUT2D eigenvalue weighted by atomic mass is 10.3. The first-order valence-corrected chi connectivity index (χ1v) is 6.04. The molecule has 0 saturated carbocycles. The van der Waals surface area contributed by atoms with E-state index in [2.05, 4.69) is 5.43 Å². The van der Waals surface area contributed by atoms with Gasteiger partial charge in [-0.2, -0.15) is 0 Å². The monoisotopic (exact) mass is 255 g/mol. The third-order valence-corrected chi connectivity index (χ3v) is 3.36. The Bertz CT molecular complexity index is 398. The van der Waals surface area contributed by atoms with Gasteiger partial charge in [0.15, 0.2) is 0 Å². The molecule has 1 atom stereocenters. The Kier molecular flexibility index (Phi) is 5.11. The topological polar surface area (TPSA) is 90.4 Å². The number of hydrazine groups is 1. The van der Waals surface area contributed by atoms with Crippen LogP contribution in [0, 0.1) is 0 Å². The molecule has 0 aliphatic rings. The molecule has 1 unspecified atom stereocenters. The molecule has 1 rings (SSSR count). The van der Waals surface area contributed by atoms with Crippen LogP contribution < -0.4 is 21.7 Å². The lowest BCUT2D eigenvalue weighted by Crippen LogP contribution is -2.31. The second kappa shape index (κ2) is 6.36. The Labute approximate surface area is 105 Å². The van der Waals surface area contributed by atoms with E-state index in [1.54, 1.807) is 19.2 Å². The molecule has 1 aromatic rings. The van der Waals surface area contributed by atoms with Crippen LogP contribution in [-0.2, 0) is 4.79 Å². The maximum atomic E-state index is 11.1. The summed E-state index contributed by atoms with van der Waals surface area (Å²) in [6.07, 6.45) is 0.345. The molecule has 0 aromatic heterocycles. The van der Waals surface area contributed by atoms with Gasteiger partial charge in [0.25, 0.3) is 0 Å². The fourth-order valence-electron chi connectivity index (χ4n) is 1.32. The average molecular weight is 255 g/mol. The number of carbonyl (C=O) groups excluding carboxylic acids is 1. The summed E-state index contributed by atoms with van der Waals surface area (Å²) in [5, 5.41) is 0.0907. The summed E-state index contributed by atoms with van der Waals surface area (Å²) in [7, 11) is 1.60. The number of anilines is 1.